The molecule has 0 N–H and O–H groups in total. The van der Waals surface area contributed by atoms with Crippen LogP contribution >= 0.6 is 0 Å². The Hall–Kier alpha value is -1.20. The summed E-state index contributed by atoms with van der Waals surface area (Å²) in [4.78, 5) is 32.0. The summed E-state index contributed by atoms with van der Waals surface area (Å²) in [6.07, 6.45) is 3.35. The molecule has 0 aromatic rings. The fraction of sp³-hybridized carbons (Fsp3) is 0.733. The maximum atomic E-state index is 12.6. The van der Waals surface area contributed by atoms with E-state index in [0.29, 0.717) is 5.92 Å². The van der Waals surface area contributed by atoms with Gasteiger partial charge >= 0.3 is 0 Å². The van der Waals surface area contributed by atoms with Crippen LogP contribution in [0.15, 0.2) is 12.2 Å². The Bertz CT molecular complexity index is 451. The first-order chi connectivity index (χ1) is 9.14. The molecule has 2 amide bonds. The van der Waals surface area contributed by atoms with Crippen LogP contribution in [0, 0.1) is 11.8 Å². The second-order valence-electron chi connectivity index (χ2n) is 6.90. The van der Waals surface area contributed by atoms with Crippen LogP contribution < -0.4 is 0 Å². The summed E-state index contributed by atoms with van der Waals surface area (Å²) in [5, 5.41) is 1.63. The van der Waals surface area contributed by atoms with Crippen LogP contribution in [0.4, 0.5) is 0 Å². The van der Waals surface area contributed by atoms with Gasteiger partial charge in [-0.2, -0.15) is 5.06 Å². The van der Waals surface area contributed by atoms with Gasteiger partial charge in [0.2, 0.25) is 5.91 Å². The van der Waals surface area contributed by atoms with Gasteiger partial charge in [0.25, 0.3) is 5.91 Å². The molecule has 2 aliphatic rings. The van der Waals surface area contributed by atoms with Crippen molar-refractivity contribution in [1.82, 2.24) is 9.96 Å². The van der Waals surface area contributed by atoms with Gasteiger partial charge in [0.1, 0.15) is 0 Å². The highest BCUT2D eigenvalue weighted by Gasteiger charge is 2.59. The molecular weight excluding hydrogens is 256 g/mol. The average Bonchev–Trinajstić information content (AvgIpc) is 2.72. The predicted octanol–water partition coefficient (Wildman–Crippen LogP) is 1.60. The summed E-state index contributed by atoms with van der Waals surface area (Å²) < 4.78 is 0. The van der Waals surface area contributed by atoms with Crippen molar-refractivity contribution in [3.63, 3.8) is 0 Å². The van der Waals surface area contributed by atoms with Crippen LogP contribution in [0.2, 0.25) is 0 Å². The molecule has 2 rings (SSSR count). The number of rotatable bonds is 2. The third kappa shape index (κ3) is 2.40. The molecule has 2 heterocycles. The van der Waals surface area contributed by atoms with E-state index in [1.54, 1.807) is 12.1 Å². The molecule has 0 saturated carbocycles. The molecule has 20 heavy (non-hydrogen) atoms. The zero-order chi connectivity index (χ0) is 15.2. The number of likely N-dealkylation sites (N-methyl/N-ethyl adjacent to an activating group) is 1. The highest BCUT2D eigenvalue weighted by molar-refractivity contribution is 6.08. The van der Waals surface area contributed by atoms with Crippen LogP contribution in [0.3, 0.4) is 0 Å². The van der Waals surface area contributed by atoms with Crippen molar-refractivity contribution in [2.24, 2.45) is 11.8 Å². The number of fused-ring (bicyclic) bond motifs is 1. The Morgan fingerprint density at radius 3 is 2.30 bits per heavy atom. The van der Waals surface area contributed by atoms with Gasteiger partial charge in [-0.3, -0.25) is 19.3 Å². The molecule has 3 atom stereocenters. The molecule has 112 valence electrons. The van der Waals surface area contributed by atoms with Crippen molar-refractivity contribution in [3.8, 4) is 0 Å². The quantitative estimate of drug-likeness (QED) is 0.569. The summed E-state index contributed by atoms with van der Waals surface area (Å²) in [6.45, 7) is 9.76. The van der Waals surface area contributed by atoms with Gasteiger partial charge in [0.15, 0.2) is 6.10 Å². The number of hydroxylamine groups is 2. The number of likely N-dealkylation sites (tertiary alicyclic amines) is 1. The minimum atomic E-state index is -0.673. The van der Waals surface area contributed by atoms with Gasteiger partial charge in [0, 0.05) is 12.6 Å². The molecule has 5 nitrogen and oxygen atoms in total. The van der Waals surface area contributed by atoms with Gasteiger partial charge in [0.05, 0.1) is 12.0 Å². The lowest BCUT2D eigenvalue weighted by molar-refractivity contribution is -0.170. The van der Waals surface area contributed by atoms with Crippen LogP contribution in [-0.2, 0) is 14.4 Å². The van der Waals surface area contributed by atoms with E-state index in [1.807, 2.05) is 32.9 Å². The van der Waals surface area contributed by atoms with Crippen molar-refractivity contribution >= 4 is 11.8 Å². The number of imide groups is 1. The van der Waals surface area contributed by atoms with Gasteiger partial charge in [-0.15, -0.1) is 0 Å². The van der Waals surface area contributed by atoms with Crippen molar-refractivity contribution < 1.29 is 14.4 Å². The number of carbonyl (C=O) groups excluding carboxylic acids is 2. The summed E-state index contributed by atoms with van der Waals surface area (Å²) in [6, 6.07) is -0.175. The molecule has 5 heteroatoms. The summed E-state index contributed by atoms with van der Waals surface area (Å²) in [7, 11) is 1.77. The molecule has 0 aromatic carbocycles. The van der Waals surface area contributed by atoms with Gasteiger partial charge in [-0.1, -0.05) is 26.0 Å². The molecule has 2 aliphatic heterocycles. The minimum absolute atomic E-state index is 0.129. The highest BCUT2D eigenvalue weighted by Crippen LogP contribution is 2.38. The Labute approximate surface area is 120 Å². The maximum Gasteiger partial charge on any atom is 0.261 e. The molecule has 0 spiro atoms. The monoisotopic (exact) mass is 280 g/mol. The lowest BCUT2D eigenvalue weighted by atomic mass is 9.95. The fourth-order valence-corrected chi connectivity index (χ4v) is 2.82. The first-order valence-electron chi connectivity index (χ1n) is 7.10. The number of amides is 2. The third-order valence-electron chi connectivity index (χ3n) is 3.73. The van der Waals surface area contributed by atoms with Gasteiger partial charge in [-0.05, 0) is 26.7 Å². The Balaban J connectivity index is 2.30. The van der Waals surface area contributed by atoms with Crippen LogP contribution in [0.1, 0.15) is 34.6 Å². The van der Waals surface area contributed by atoms with Crippen LogP contribution in [0.25, 0.3) is 0 Å². The van der Waals surface area contributed by atoms with Crippen molar-refractivity contribution in [2.45, 2.75) is 52.3 Å². The fourth-order valence-electron chi connectivity index (χ4n) is 2.82. The van der Waals surface area contributed by atoms with E-state index in [4.69, 9.17) is 4.84 Å². The van der Waals surface area contributed by atoms with E-state index < -0.39 is 17.6 Å². The highest BCUT2D eigenvalue weighted by atomic mass is 16.7. The number of hydrogen-bond acceptors (Lipinski definition) is 4. The van der Waals surface area contributed by atoms with E-state index in [0.717, 1.165) is 0 Å². The Kier molecular flexibility index (Phi) is 3.77. The van der Waals surface area contributed by atoms with E-state index in [2.05, 4.69) is 13.8 Å². The maximum absolute atomic E-state index is 12.6. The largest absolute Gasteiger partial charge is 0.284 e. The summed E-state index contributed by atoms with van der Waals surface area (Å²) in [5.74, 6) is -0.384. The topological polar surface area (TPSA) is 49.9 Å². The van der Waals surface area contributed by atoms with Crippen molar-refractivity contribution in [1.29, 1.82) is 0 Å². The van der Waals surface area contributed by atoms with E-state index in [1.165, 1.54) is 4.90 Å². The number of hydrogen-bond donors (Lipinski definition) is 0. The number of nitrogens with zero attached hydrogens (tertiary/aromatic N) is 2. The van der Waals surface area contributed by atoms with Gasteiger partial charge < -0.3 is 0 Å². The minimum Gasteiger partial charge on any atom is -0.284 e. The summed E-state index contributed by atoms with van der Waals surface area (Å²) >= 11 is 0. The zero-order valence-electron chi connectivity index (χ0n) is 13.1. The standard InChI is InChI=1S/C15H24N2O3/c1-9(2)7-8-10-11-12(20-16(10)6)14(19)17(13(11)18)15(3,4)5/h7-12H,1-6H3/b8-7+. The Morgan fingerprint density at radius 2 is 1.80 bits per heavy atom. The third-order valence-corrected chi connectivity index (χ3v) is 3.73. The zero-order valence-corrected chi connectivity index (χ0v) is 13.1. The van der Waals surface area contributed by atoms with E-state index in [-0.39, 0.29) is 17.9 Å². The lowest BCUT2D eigenvalue weighted by Crippen LogP contribution is -2.48. The van der Waals surface area contributed by atoms with Gasteiger partial charge in [-0.25, -0.2) is 0 Å². The SMILES string of the molecule is CC(C)/C=C/C1C2C(=O)N(C(C)(C)C)C(=O)C2ON1C. The normalized spacial score (nSPS) is 31.9. The second-order valence-corrected chi connectivity index (χ2v) is 6.90. The van der Waals surface area contributed by atoms with Crippen LogP contribution in [-0.4, -0.2) is 46.5 Å². The first-order valence-corrected chi connectivity index (χ1v) is 7.10. The predicted molar refractivity (Wildman–Crippen MR) is 75.5 cm³/mol. The molecule has 0 aromatic heterocycles. The van der Waals surface area contributed by atoms with Crippen LogP contribution in [0.5, 0.6) is 0 Å². The molecule has 0 bridgehead atoms. The summed E-state index contributed by atoms with van der Waals surface area (Å²) in [5.41, 5.74) is -0.507. The number of carbonyl (C=O) groups is 2. The molecule has 0 radical (unpaired) electrons. The van der Waals surface area contributed by atoms with Crippen molar-refractivity contribution in [2.75, 3.05) is 7.05 Å². The Morgan fingerprint density at radius 1 is 1.20 bits per heavy atom. The van der Waals surface area contributed by atoms with Crippen molar-refractivity contribution in [3.05, 3.63) is 12.2 Å². The van der Waals surface area contributed by atoms with E-state index in [9.17, 15) is 9.59 Å². The lowest BCUT2D eigenvalue weighted by Gasteiger charge is -2.31. The molecule has 2 fully saturated rings. The average molecular weight is 280 g/mol. The van der Waals surface area contributed by atoms with E-state index >= 15 is 0 Å². The molecule has 3 unspecified atom stereocenters. The smallest absolute Gasteiger partial charge is 0.261 e. The first kappa shape index (κ1) is 15.2. The number of allylic oxidation sites excluding steroid dienone is 1. The molecular formula is C15H24N2O3. The molecule has 2 saturated heterocycles. The molecule has 0 aliphatic carbocycles. The second kappa shape index (κ2) is 4.97.